The summed E-state index contributed by atoms with van der Waals surface area (Å²) in [7, 11) is 1.57. The number of allylic oxidation sites excluding steroid dienone is 1. The van der Waals surface area contributed by atoms with Crippen LogP contribution in [-0.2, 0) is 15.2 Å². The fourth-order valence-corrected chi connectivity index (χ4v) is 4.18. The van der Waals surface area contributed by atoms with E-state index in [9.17, 15) is 9.59 Å². The summed E-state index contributed by atoms with van der Waals surface area (Å²) in [5.41, 5.74) is 1.45. The first-order valence-electron chi connectivity index (χ1n) is 10.2. The molecule has 1 spiro atoms. The standard InChI is InChI=1S/C26H20N2O4/c1-31-19-14-12-18(13-15-19)24(29)23-22(16-11-17-7-3-2-4-8-17)28-32-26(23)20-9-5-6-10-21(20)27-25(26)30/h2-16,23H,1H3,(H,27,30)/b16-11+/t23-,26+/m1/s1. The number of carbonyl (C=O) groups excluding carboxylic acids is 2. The van der Waals surface area contributed by atoms with E-state index < -0.39 is 17.4 Å². The number of hydrogen-bond acceptors (Lipinski definition) is 5. The van der Waals surface area contributed by atoms with Gasteiger partial charge in [0.25, 0.3) is 11.5 Å². The zero-order valence-electron chi connectivity index (χ0n) is 17.3. The lowest BCUT2D eigenvalue weighted by Gasteiger charge is -2.26. The number of nitrogens with zero attached hydrogens (tertiary/aromatic N) is 1. The summed E-state index contributed by atoms with van der Waals surface area (Å²) < 4.78 is 5.20. The molecule has 3 aromatic rings. The molecule has 0 bridgehead atoms. The van der Waals surface area contributed by atoms with Gasteiger partial charge in [0, 0.05) is 16.8 Å². The van der Waals surface area contributed by atoms with E-state index in [-0.39, 0.29) is 5.78 Å². The molecule has 6 nitrogen and oxygen atoms in total. The second-order valence-corrected chi connectivity index (χ2v) is 7.61. The third kappa shape index (κ3) is 3.08. The van der Waals surface area contributed by atoms with Gasteiger partial charge in [0.15, 0.2) is 5.78 Å². The van der Waals surface area contributed by atoms with Crippen LogP contribution in [0.2, 0.25) is 0 Å². The molecule has 0 saturated carbocycles. The molecule has 5 rings (SSSR count). The SMILES string of the molecule is COc1ccc(C(=O)[C@H]2C(/C=C/c3ccccc3)=NO[C@]23C(=O)Nc2ccccc23)cc1. The summed E-state index contributed by atoms with van der Waals surface area (Å²) in [5.74, 6) is -0.967. The van der Waals surface area contributed by atoms with Crippen molar-refractivity contribution < 1.29 is 19.2 Å². The molecule has 2 aliphatic heterocycles. The maximum atomic E-state index is 13.8. The minimum absolute atomic E-state index is 0.256. The number of ketones is 1. The Kier molecular flexibility index (Phi) is 4.82. The number of benzene rings is 3. The molecule has 0 aliphatic carbocycles. The van der Waals surface area contributed by atoms with Gasteiger partial charge < -0.3 is 14.9 Å². The van der Waals surface area contributed by atoms with Crippen molar-refractivity contribution in [2.24, 2.45) is 11.1 Å². The van der Waals surface area contributed by atoms with Crippen LogP contribution in [0, 0.1) is 5.92 Å². The molecule has 158 valence electrons. The summed E-state index contributed by atoms with van der Waals surface area (Å²) in [6.45, 7) is 0. The predicted molar refractivity (Wildman–Crippen MR) is 122 cm³/mol. The Bertz CT molecular complexity index is 1250. The van der Waals surface area contributed by atoms with Gasteiger partial charge in [0.2, 0.25) is 0 Å². The number of hydrogen-bond donors (Lipinski definition) is 1. The molecule has 2 atom stereocenters. The van der Waals surface area contributed by atoms with Crippen molar-refractivity contribution in [3.8, 4) is 5.75 Å². The minimum Gasteiger partial charge on any atom is -0.497 e. The molecule has 1 amide bonds. The zero-order chi connectivity index (χ0) is 22.1. The summed E-state index contributed by atoms with van der Waals surface area (Å²) in [6.07, 6.45) is 3.60. The molecule has 0 radical (unpaired) electrons. The maximum absolute atomic E-state index is 13.8. The Morgan fingerprint density at radius 3 is 2.47 bits per heavy atom. The van der Waals surface area contributed by atoms with E-state index in [1.54, 1.807) is 49.6 Å². The maximum Gasteiger partial charge on any atom is 0.277 e. The van der Waals surface area contributed by atoms with Gasteiger partial charge in [-0.05, 0) is 42.0 Å². The highest BCUT2D eigenvalue weighted by Gasteiger charge is 2.62. The van der Waals surface area contributed by atoms with Crippen LogP contribution in [0.15, 0.2) is 90.1 Å². The molecule has 2 aliphatic rings. The number of amides is 1. The smallest absolute Gasteiger partial charge is 0.277 e. The van der Waals surface area contributed by atoms with Crippen molar-refractivity contribution in [1.82, 2.24) is 0 Å². The van der Waals surface area contributed by atoms with Gasteiger partial charge in [-0.2, -0.15) is 0 Å². The number of anilines is 1. The Morgan fingerprint density at radius 1 is 1.00 bits per heavy atom. The van der Waals surface area contributed by atoms with E-state index in [4.69, 9.17) is 9.57 Å². The number of fused-ring (bicyclic) bond motifs is 2. The highest BCUT2D eigenvalue weighted by Crippen LogP contribution is 2.49. The molecular formula is C26H20N2O4. The van der Waals surface area contributed by atoms with Gasteiger partial charge in [-0.1, -0.05) is 59.8 Å². The molecule has 0 aromatic heterocycles. The van der Waals surface area contributed by atoms with Crippen LogP contribution in [0.3, 0.4) is 0 Å². The van der Waals surface area contributed by atoms with E-state index in [0.29, 0.717) is 28.3 Å². The van der Waals surface area contributed by atoms with Crippen molar-refractivity contribution in [2.45, 2.75) is 5.60 Å². The van der Waals surface area contributed by atoms with Crippen molar-refractivity contribution in [3.63, 3.8) is 0 Å². The van der Waals surface area contributed by atoms with Gasteiger partial charge in [-0.15, -0.1) is 0 Å². The Balaban J connectivity index is 1.60. The van der Waals surface area contributed by atoms with Crippen molar-refractivity contribution in [2.75, 3.05) is 12.4 Å². The van der Waals surface area contributed by atoms with E-state index in [1.807, 2.05) is 48.5 Å². The summed E-state index contributed by atoms with van der Waals surface area (Å²) >= 11 is 0. The number of Topliss-reactive ketones (excluding diaryl/α,β-unsaturated/α-hetero) is 1. The Labute approximate surface area is 185 Å². The summed E-state index contributed by atoms with van der Waals surface area (Å²) in [5, 5.41) is 7.07. The first kappa shape index (κ1) is 19.8. The third-order valence-corrected chi connectivity index (χ3v) is 5.79. The number of oxime groups is 1. The molecule has 0 saturated heterocycles. The minimum atomic E-state index is -1.55. The number of nitrogens with one attached hydrogen (secondary N) is 1. The van der Waals surface area contributed by atoms with Crippen LogP contribution in [0.1, 0.15) is 21.5 Å². The van der Waals surface area contributed by atoms with Crippen LogP contribution >= 0.6 is 0 Å². The summed E-state index contributed by atoms with van der Waals surface area (Å²) in [6, 6.07) is 23.7. The van der Waals surface area contributed by atoms with Crippen LogP contribution in [0.4, 0.5) is 5.69 Å². The molecule has 0 unspecified atom stereocenters. The first-order valence-corrected chi connectivity index (χ1v) is 10.2. The average molecular weight is 424 g/mol. The Morgan fingerprint density at radius 2 is 1.72 bits per heavy atom. The number of ether oxygens (including phenoxy) is 1. The van der Waals surface area contributed by atoms with Gasteiger partial charge in [0.05, 0.1) is 12.8 Å². The zero-order valence-corrected chi connectivity index (χ0v) is 17.3. The highest BCUT2D eigenvalue weighted by molar-refractivity contribution is 6.23. The molecule has 2 heterocycles. The highest BCUT2D eigenvalue weighted by atomic mass is 16.7. The van der Waals surface area contributed by atoms with Gasteiger partial charge in [0.1, 0.15) is 11.7 Å². The second-order valence-electron chi connectivity index (χ2n) is 7.61. The number of rotatable bonds is 5. The second kappa shape index (κ2) is 7.81. The fraction of sp³-hybridized carbons (Fsp3) is 0.115. The molecule has 3 aromatic carbocycles. The van der Waals surface area contributed by atoms with Gasteiger partial charge >= 0.3 is 0 Å². The number of para-hydroxylation sites is 1. The number of carbonyl (C=O) groups is 2. The van der Waals surface area contributed by atoms with E-state index in [2.05, 4.69) is 10.5 Å². The monoisotopic (exact) mass is 424 g/mol. The lowest BCUT2D eigenvalue weighted by Crippen LogP contribution is -2.46. The van der Waals surface area contributed by atoms with Crippen LogP contribution < -0.4 is 10.1 Å². The van der Waals surface area contributed by atoms with E-state index in [0.717, 1.165) is 5.56 Å². The van der Waals surface area contributed by atoms with Crippen molar-refractivity contribution >= 4 is 29.2 Å². The van der Waals surface area contributed by atoms with Gasteiger partial charge in [-0.3, -0.25) is 9.59 Å². The van der Waals surface area contributed by atoms with E-state index in [1.165, 1.54) is 0 Å². The topological polar surface area (TPSA) is 77.0 Å². The fourth-order valence-electron chi connectivity index (χ4n) is 4.18. The first-order chi connectivity index (χ1) is 15.6. The quantitative estimate of drug-likeness (QED) is 0.615. The Hall–Kier alpha value is -4.19. The normalized spacial score (nSPS) is 21.2. The lowest BCUT2D eigenvalue weighted by atomic mass is 9.75. The van der Waals surface area contributed by atoms with Crippen molar-refractivity contribution in [3.05, 3.63) is 102 Å². The predicted octanol–water partition coefficient (Wildman–Crippen LogP) is 4.44. The van der Waals surface area contributed by atoms with E-state index >= 15 is 0 Å². The third-order valence-electron chi connectivity index (χ3n) is 5.79. The van der Waals surface area contributed by atoms with Crippen LogP contribution in [0.25, 0.3) is 6.08 Å². The summed E-state index contributed by atoms with van der Waals surface area (Å²) in [4.78, 5) is 32.8. The molecular weight excluding hydrogens is 404 g/mol. The van der Waals surface area contributed by atoms with Gasteiger partial charge in [-0.25, -0.2) is 0 Å². The number of methoxy groups -OCH3 is 1. The molecule has 6 heteroatoms. The van der Waals surface area contributed by atoms with Crippen LogP contribution in [-0.4, -0.2) is 24.5 Å². The van der Waals surface area contributed by atoms with Crippen LogP contribution in [0.5, 0.6) is 5.75 Å². The average Bonchev–Trinajstić information content (AvgIpc) is 3.36. The molecule has 1 N–H and O–H groups in total. The molecule has 0 fully saturated rings. The lowest BCUT2D eigenvalue weighted by molar-refractivity contribution is -0.140. The largest absolute Gasteiger partial charge is 0.497 e. The van der Waals surface area contributed by atoms with Crippen molar-refractivity contribution in [1.29, 1.82) is 0 Å². The molecule has 32 heavy (non-hydrogen) atoms.